The van der Waals surface area contributed by atoms with Gasteiger partial charge < -0.3 is 64.8 Å². The molecule has 26 heteroatoms. The van der Waals surface area contributed by atoms with Crippen molar-refractivity contribution in [3.63, 3.8) is 0 Å². The number of anilines is 3. The molecule has 2 aromatic heterocycles. The molecule has 80 heavy (non-hydrogen) atoms. The Morgan fingerprint density at radius 1 is 0.838 bits per heavy atom. The van der Waals surface area contributed by atoms with Crippen LogP contribution in [0, 0.1) is 30.6 Å². The number of carbonyl (C=O) groups is 6. The summed E-state index contributed by atoms with van der Waals surface area (Å²) in [4.78, 5) is 111. The van der Waals surface area contributed by atoms with E-state index in [1.807, 2.05) is 38.1 Å². The second kappa shape index (κ2) is 22.6. The van der Waals surface area contributed by atoms with Crippen LogP contribution in [-0.4, -0.2) is 141 Å². The molecule has 6 amide bonds. The van der Waals surface area contributed by atoms with Gasteiger partial charge >= 0.3 is 7.82 Å². The quantitative estimate of drug-likeness (QED) is 0.0287. The number of benzene rings is 3. The van der Waals surface area contributed by atoms with Gasteiger partial charge in [-0.25, -0.2) is 4.57 Å². The maximum atomic E-state index is 14.7. The molecule has 4 heterocycles. The summed E-state index contributed by atoms with van der Waals surface area (Å²) in [5.41, 5.74) is 5.87. The number of aromatic amines is 2. The van der Waals surface area contributed by atoms with E-state index in [1.165, 1.54) is 13.0 Å². The summed E-state index contributed by atoms with van der Waals surface area (Å²) < 4.78 is 29.5. The van der Waals surface area contributed by atoms with Crippen molar-refractivity contribution in [2.45, 2.75) is 78.9 Å². The van der Waals surface area contributed by atoms with Crippen LogP contribution in [0.1, 0.15) is 73.8 Å². The molecule has 5 aromatic rings. The first-order chi connectivity index (χ1) is 37.8. The van der Waals surface area contributed by atoms with Crippen LogP contribution in [0.3, 0.4) is 0 Å². The van der Waals surface area contributed by atoms with E-state index in [0.717, 1.165) is 44.4 Å². The van der Waals surface area contributed by atoms with E-state index in [9.17, 15) is 43.1 Å². The predicted molar refractivity (Wildman–Crippen MR) is 309 cm³/mol. The van der Waals surface area contributed by atoms with E-state index in [-0.39, 0.29) is 77.8 Å². The smallest absolute Gasteiger partial charge is 0.466 e. The minimum atomic E-state index is -4.95. The minimum Gasteiger partial charge on any atom is -0.466 e. The van der Waals surface area contributed by atoms with Gasteiger partial charge in [-0.2, -0.15) is 0 Å². The third-order valence-electron chi connectivity index (χ3n) is 15.5. The monoisotopic (exact) mass is 1170 g/mol. The Morgan fingerprint density at radius 3 is 2.04 bits per heavy atom. The molecule has 5 aliphatic rings. The van der Waals surface area contributed by atoms with Crippen LogP contribution in [0.5, 0.6) is 11.5 Å². The van der Waals surface area contributed by atoms with Crippen LogP contribution in [0.4, 0.5) is 17.1 Å². The number of phosphoric ester groups is 1. The Hall–Kier alpha value is -6.82. The van der Waals surface area contributed by atoms with Crippen LogP contribution >= 0.6 is 43.9 Å². The predicted octanol–water partition coefficient (Wildman–Crippen LogP) is 5.53. The largest absolute Gasteiger partial charge is 0.524 e. The molecule has 0 saturated heterocycles. The highest BCUT2D eigenvalue weighted by atomic mass is 35.5. The molecular formula is C54H64ClN10O12PS2. The molecular weight excluding hydrogens is 1110 g/mol. The van der Waals surface area contributed by atoms with E-state index in [4.69, 9.17) is 50.0 Å². The SMILES string of the molecule is CC(=O)NCC(=O)NC(C(=O)NCC(=O)Nc1ccc(COC(=S)N(C)CCN(C)C(=S)Oc2cc3c(c4c(C)c[nH]c24)CCN3C(=O)C23CC(C(=O)N4C[C@@H](CCl)c5c4cc(OP(=O)(O)O)c4[nH]cc(C)c54)(C2)C3)cc1)C(C)C. The second-order valence-electron chi connectivity index (χ2n) is 21.7. The first-order valence-electron chi connectivity index (χ1n) is 26.1. The van der Waals surface area contributed by atoms with Crippen LogP contribution in [-0.2, 0) is 51.1 Å². The van der Waals surface area contributed by atoms with E-state index in [0.29, 0.717) is 73.3 Å². The lowest BCUT2D eigenvalue weighted by atomic mass is 9.34. The number of hydrogen-bond acceptors (Lipinski definition) is 12. The summed E-state index contributed by atoms with van der Waals surface area (Å²) in [5, 5.41) is 12.3. The number of H-pyrrole nitrogens is 2. The first kappa shape index (κ1) is 57.9. The number of phosphoric acid groups is 1. The number of nitrogens with zero attached hydrogens (tertiary/aromatic N) is 4. The Kier molecular flexibility index (Phi) is 16.4. The number of rotatable bonds is 19. The lowest BCUT2D eigenvalue weighted by Gasteiger charge is -2.69. The van der Waals surface area contributed by atoms with Crippen LogP contribution in [0.25, 0.3) is 21.8 Å². The van der Waals surface area contributed by atoms with E-state index in [1.54, 1.807) is 66.1 Å². The molecule has 3 aliphatic carbocycles. The number of aromatic nitrogens is 2. The lowest BCUT2D eigenvalue weighted by molar-refractivity contribution is -0.204. The molecule has 0 spiro atoms. The number of amides is 6. The minimum absolute atomic E-state index is 0.0442. The van der Waals surface area contributed by atoms with E-state index >= 15 is 0 Å². The molecule has 2 aliphatic heterocycles. The molecule has 2 atom stereocenters. The fraction of sp³-hybridized carbons (Fsp3) is 0.444. The fourth-order valence-electron chi connectivity index (χ4n) is 11.5. The van der Waals surface area contributed by atoms with Gasteiger partial charge in [-0.15, -0.1) is 11.6 Å². The Bertz CT molecular complexity index is 3400. The number of alkyl halides is 1. The number of hydrogen-bond donors (Lipinski definition) is 8. The van der Waals surface area contributed by atoms with Crippen molar-refractivity contribution in [1.82, 2.24) is 35.7 Å². The molecule has 2 bridgehead atoms. The van der Waals surface area contributed by atoms with E-state index < -0.39 is 42.4 Å². The highest BCUT2D eigenvalue weighted by molar-refractivity contribution is 7.80. The number of carbonyl (C=O) groups excluding carboxylic acids is 6. The molecule has 8 N–H and O–H groups in total. The molecule has 426 valence electrons. The van der Waals surface area contributed by atoms with Crippen LogP contribution in [0.15, 0.2) is 48.8 Å². The van der Waals surface area contributed by atoms with Crippen molar-refractivity contribution in [3.8, 4) is 11.5 Å². The van der Waals surface area contributed by atoms with Gasteiger partial charge in [-0.05, 0) is 110 Å². The van der Waals surface area contributed by atoms with Gasteiger partial charge in [0.1, 0.15) is 12.6 Å². The Labute approximate surface area is 477 Å². The second-order valence-corrected chi connectivity index (χ2v) is 23.9. The number of nitrogens with one attached hydrogen (secondary N) is 6. The van der Waals surface area contributed by atoms with Crippen molar-refractivity contribution in [2.24, 2.45) is 16.7 Å². The number of aryl methyl sites for hydroxylation is 2. The zero-order chi connectivity index (χ0) is 57.7. The van der Waals surface area contributed by atoms with Crippen molar-refractivity contribution < 1.29 is 57.1 Å². The molecule has 3 aromatic carbocycles. The van der Waals surface area contributed by atoms with Gasteiger partial charge in [0.25, 0.3) is 10.3 Å². The third-order valence-corrected chi connectivity index (χ3v) is 17.2. The lowest BCUT2D eigenvalue weighted by Crippen LogP contribution is -2.72. The maximum Gasteiger partial charge on any atom is 0.524 e. The number of halogens is 1. The van der Waals surface area contributed by atoms with Crippen molar-refractivity contribution >= 4 is 129 Å². The van der Waals surface area contributed by atoms with Crippen molar-refractivity contribution in [1.29, 1.82) is 0 Å². The number of thiocarbonyl (C=S) groups is 2. The molecule has 10 rings (SSSR count). The Morgan fingerprint density at radius 2 is 1.43 bits per heavy atom. The average Bonchev–Trinajstić information content (AvgIpc) is 4.28. The van der Waals surface area contributed by atoms with Gasteiger partial charge in [-0.3, -0.25) is 38.6 Å². The van der Waals surface area contributed by atoms with Crippen molar-refractivity contribution in [2.75, 3.05) is 74.4 Å². The molecule has 22 nitrogen and oxygen atoms in total. The summed E-state index contributed by atoms with van der Waals surface area (Å²) >= 11 is 17.9. The summed E-state index contributed by atoms with van der Waals surface area (Å²) in [7, 11) is -1.34. The highest BCUT2D eigenvalue weighted by Gasteiger charge is 2.76. The van der Waals surface area contributed by atoms with Crippen molar-refractivity contribution in [3.05, 3.63) is 76.6 Å². The third kappa shape index (κ3) is 11.4. The standard InChI is InChI=1S/C54H64ClN10O12PS2/c1-28(2)45(61-41(68)21-56-31(5)66)48(69)59-22-40(67)60-34-10-8-32(9-11-34)24-75-51(79)62(6)14-15-63(7)52(80)76-38-16-36-35(42-29(3)19-57-46(38)42)12-13-64(36)49(70)53-25-54(26-53,27-53)50(71)65-23-33(18-55)44-37(65)17-39(77-78(72,73)74)47-43(44)30(4)20-58-47/h8-11,16-17,19-20,28,33,45,57-58H,12-15,18,21-27H2,1-7H3,(H,56,66)(H,59,69)(H,60,67)(H,61,68)(H2,72,73,74)/t33-,45?,53?,54?/m1/s1. The summed E-state index contributed by atoms with van der Waals surface area (Å²) in [6.07, 6.45) is 5.39. The summed E-state index contributed by atoms with van der Waals surface area (Å²) in [6.45, 7) is 9.80. The first-order valence-corrected chi connectivity index (χ1v) is 28.9. The van der Waals surface area contributed by atoms with Crippen LogP contribution in [0.2, 0.25) is 0 Å². The molecule has 3 fully saturated rings. The molecule has 1 unspecified atom stereocenters. The number of likely N-dealkylation sites (N-methyl/N-ethyl adjacent to an activating group) is 2. The fourth-order valence-corrected chi connectivity index (χ4v) is 12.5. The van der Waals surface area contributed by atoms with Crippen LogP contribution < -0.4 is 40.3 Å². The molecule has 3 saturated carbocycles. The normalized spacial score (nSPS) is 19.1. The number of fused-ring (bicyclic) bond motifs is 6. The van der Waals surface area contributed by atoms with E-state index in [2.05, 4.69) is 31.2 Å². The van der Waals surface area contributed by atoms with Gasteiger partial charge in [-0.1, -0.05) is 26.0 Å². The number of ether oxygens (including phenoxy) is 2. The highest BCUT2D eigenvalue weighted by Crippen LogP contribution is 2.75. The summed E-state index contributed by atoms with van der Waals surface area (Å²) in [6, 6.07) is 9.39. The topological polar surface area (TPSA) is 280 Å². The summed E-state index contributed by atoms with van der Waals surface area (Å²) in [5.74, 6) is -1.99. The van der Waals surface area contributed by atoms with Gasteiger partial charge in [0.05, 0.1) is 46.3 Å². The van der Waals surface area contributed by atoms with Gasteiger partial charge in [0, 0.05) is 100.0 Å². The zero-order valence-corrected chi connectivity index (χ0v) is 48.5. The maximum absolute atomic E-state index is 14.7. The zero-order valence-electron chi connectivity index (χ0n) is 45.2. The van der Waals surface area contributed by atoms with Gasteiger partial charge in [0.15, 0.2) is 11.5 Å². The average molecular weight is 1180 g/mol. The van der Waals surface area contributed by atoms with Gasteiger partial charge in [0.2, 0.25) is 35.4 Å². The molecule has 0 radical (unpaired) electrons. The Balaban J connectivity index is 0.764.